The number of nitrogens with zero attached hydrogens (tertiary/aromatic N) is 5. The summed E-state index contributed by atoms with van der Waals surface area (Å²) in [7, 11) is 0. The molecular formula is C31H38N8O4. The Morgan fingerprint density at radius 1 is 1.05 bits per heavy atom. The minimum atomic E-state index is -1.23. The van der Waals surface area contributed by atoms with Gasteiger partial charge in [-0.2, -0.15) is 9.97 Å². The first kappa shape index (κ1) is 29.0. The first-order valence-electron chi connectivity index (χ1n) is 14.7. The molecule has 6 atom stereocenters. The molecule has 2 aromatic carbocycles. The SMILES string of the molecule is CC(O)C(=O)N[C@H]1C[C@@H](n2cnc3c(NCC(c4ccccc4)c4ccccc4)nc(N4CCC(N)C4)nc32)[C@H](O)[C@@H]1O. The van der Waals surface area contributed by atoms with Gasteiger partial charge in [-0.3, -0.25) is 4.79 Å². The van der Waals surface area contributed by atoms with E-state index in [9.17, 15) is 20.1 Å². The van der Waals surface area contributed by atoms with Crippen molar-refractivity contribution < 1.29 is 20.1 Å². The van der Waals surface area contributed by atoms with E-state index >= 15 is 0 Å². The largest absolute Gasteiger partial charge is 0.388 e. The Hall–Kier alpha value is -4.10. The normalized spacial score (nSPS) is 24.5. The first-order chi connectivity index (χ1) is 20.8. The maximum absolute atomic E-state index is 12.1. The molecule has 12 heteroatoms. The number of hydrogen-bond donors (Lipinski definition) is 6. The maximum atomic E-state index is 12.1. The van der Waals surface area contributed by atoms with Crippen LogP contribution >= 0.6 is 0 Å². The number of amides is 1. The molecule has 4 aromatic rings. The van der Waals surface area contributed by atoms with Crippen LogP contribution in [0.5, 0.6) is 0 Å². The van der Waals surface area contributed by atoms with Crippen LogP contribution in [0.3, 0.4) is 0 Å². The molecule has 2 aromatic heterocycles. The minimum absolute atomic E-state index is 0.0197. The molecule has 6 rings (SSSR count). The quantitative estimate of drug-likeness (QED) is 0.167. The summed E-state index contributed by atoms with van der Waals surface area (Å²) >= 11 is 0. The highest BCUT2D eigenvalue weighted by atomic mass is 16.3. The highest BCUT2D eigenvalue weighted by molar-refractivity contribution is 5.85. The van der Waals surface area contributed by atoms with Crippen molar-refractivity contribution in [1.82, 2.24) is 24.8 Å². The molecule has 1 aliphatic heterocycles. The van der Waals surface area contributed by atoms with Crippen molar-refractivity contribution in [2.75, 3.05) is 29.9 Å². The Morgan fingerprint density at radius 3 is 2.33 bits per heavy atom. The fourth-order valence-corrected chi connectivity index (χ4v) is 6.11. The van der Waals surface area contributed by atoms with Crippen LogP contribution in [0.4, 0.5) is 11.8 Å². The van der Waals surface area contributed by atoms with Gasteiger partial charge in [0.15, 0.2) is 17.0 Å². The predicted octanol–water partition coefficient (Wildman–Crippen LogP) is 1.14. The van der Waals surface area contributed by atoms with Crippen LogP contribution in [0.25, 0.3) is 11.2 Å². The Bertz CT molecular complexity index is 1510. The molecular weight excluding hydrogens is 548 g/mol. The zero-order valence-corrected chi connectivity index (χ0v) is 24.0. The standard InChI is InChI=1S/C31H38N8O4/c1-18(40)30(43)35-23-14-24(27(42)26(23)41)39-17-34-25-28(36-31(37-29(25)39)38-13-12-21(32)16-38)33-15-22(19-8-4-2-5-9-19)20-10-6-3-7-11-20/h2-11,17-18,21-24,26-27,40-42H,12-16,32H2,1H3,(H,35,43)(H,33,36,37)/t18?,21?,23-,24+,26+,27-/m0/s1. The van der Waals surface area contributed by atoms with E-state index in [1.165, 1.54) is 6.92 Å². The van der Waals surface area contributed by atoms with Crippen LogP contribution < -0.4 is 21.3 Å². The summed E-state index contributed by atoms with van der Waals surface area (Å²) in [5.74, 6) is 0.499. The Balaban J connectivity index is 1.35. The van der Waals surface area contributed by atoms with Gasteiger partial charge in [-0.25, -0.2) is 4.98 Å². The van der Waals surface area contributed by atoms with E-state index in [4.69, 9.17) is 15.7 Å². The molecule has 0 bridgehead atoms. The minimum Gasteiger partial charge on any atom is -0.388 e. The number of carbonyl (C=O) groups excluding carboxylic acids is 1. The van der Waals surface area contributed by atoms with Crippen molar-refractivity contribution in [1.29, 1.82) is 0 Å². The van der Waals surface area contributed by atoms with Crippen molar-refractivity contribution in [3.8, 4) is 0 Å². The van der Waals surface area contributed by atoms with E-state index in [0.717, 1.165) is 24.1 Å². The molecule has 226 valence electrons. The number of imidazole rings is 1. The van der Waals surface area contributed by atoms with Gasteiger partial charge in [0, 0.05) is 31.6 Å². The molecule has 7 N–H and O–H groups in total. The van der Waals surface area contributed by atoms with Crippen LogP contribution in [0.2, 0.25) is 0 Å². The van der Waals surface area contributed by atoms with Gasteiger partial charge in [0.2, 0.25) is 11.9 Å². The van der Waals surface area contributed by atoms with Gasteiger partial charge in [-0.1, -0.05) is 60.7 Å². The van der Waals surface area contributed by atoms with Gasteiger partial charge >= 0.3 is 0 Å². The number of nitrogens with one attached hydrogen (secondary N) is 2. The number of nitrogens with two attached hydrogens (primary N) is 1. The second-order valence-corrected chi connectivity index (χ2v) is 11.5. The molecule has 3 heterocycles. The smallest absolute Gasteiger partial charge is 0.248 e. The third-order valence-electron chi connectivity index (χ3n) is 8.51. The van der Waals surface area contributed by atoms with Crippen molar-refractivity contribution in [2.45, 2.75) is 62.1 Å². The maximum Gasteiger partial charge on any atom is 0.248 e. The number of anilines is 2. The summed E-state index contributed by atoms with van der Waals surface area (Å²) in [4.78, 5) is 28.6. The van der Waals surface area contributed by atoms with Gasteiger partial charge < -0.3 is 41.2 Å². The van der Waals surface area contributed by atoms with E-state index < -0.39 is 36.3 Å². The number of benzene rings is 2. The summed E-state index contributed by atoms with van der Waals surface area (Å²) in [5.41, 5.74) is 9.58. The average molecular weight is 587 g/mol. The molecule has 12 nitrogen and oxygen atoms in total. The van der Waals surface area contributed by atoms with Crippen molar-refractivity contribution in [3.63, 3.8) is 0 Å². The van der Waals surface area contributed by atoms with Gasteiger partial charge in [0.05, 0.1) is 18.4 Å². The highest BCUT2D eigenvalue weighted by Crippen LogP contribution is 2.35. The topological polar surface area (TPSA) is 175 Å². The Morgan fingerprint density at radius 2 is 1.72 bits per heavy atom. The number of hydrogen-bond acceptors (Lipinski definition) is 10. The highest BCUT2D eigenvalue weighted by Gasteiger charge is 2.44. The van der Waals surface area contributed by atoms with Crippen LogP contribution in [0, 0.1) is 0 Å². The van der Waals surface area contributed by atoms with E-state index in [0.29, 0.717) is 36.0 Å². The lowest BCUT2D eigenvalue weighted by atomic mass is 9.91. The summed E-state index contributed by atoms with van der Waals surface area (Å²) in [6.07, 6.45) is -0.997. The predicted molar refractivity (Wildman–Crippen MR) is 163 cm³/mol. The molecule has 2 unspecified atom stereocenters. The van der Waals surface area contributed by atoms with Gasteiger partial charge in [0.1, 0.15) is 18.3 Å². The molecule has 1 saturated heterocycles. The van der Waals surface area contributed by atoms with Crippen LogP contribution in [0.1, 0.15) is 42.9 Å². The molecule has 1 aliphatic carbocycles. The number of carbonyl (C=O) groups is 1. The summed E-state index contributed by atoms with van der Waals surface area (Å²) < 4.78 is 1.75. The van der Waals surface area contributed by atoms with E-state index in [1.54, 1.807) is 10.9 Å². The number of rotatable bonds is 9. The molecule has 43 heavy (non-hydrogen) atoms. The zero-order valence-electron chi connectivity index (χ0n) is 24.0. The van der Waals surface area contributed by atoms with Crippen molar-refractivity contribution in [3.05, 3.63) is 78.1 Å². The summed E-state index contributed by atoms with van der Waals surface area (Å²) in [5, 5.41) is 37.6. The molecule has 0 radical (unpaired) electrons. The summed E-state index contributed by atoms with van der Waals surface area (Å²) in [6, 6.07) is 19.2. The van der Waals surface area contributed by atoms with Gasteiger partial charge in [-0.15, -0.1) is 0 Å². The molecule has 2 fully saturated rings. The van der Waals surface area contributed by atoms with Crippen molar-refractivity contribution >= 4 is 28.8 Å². The lowest BCUT2D eigenvalue weighted by Crippen LogP contribution is -2.46. The monoisotopic (exact) mass is 586 g/mol. The Labute approximate surface area is 249 Å². The third-order valence-corrected chi connectivity index (χ3v) is 8.51. The average Bonchev–Trinajstić information content (AvgIpc) is 3.72. The third kappa shape index (κ3) is 5.91. The lowest BCUT2D eigenvalue weighted by molar-refractivity contribution is -0.130. The number of aromatic nitrogens is 4. The molecule has 0 spiro atoms. The van der Waals surface area contributed by atoms with Crippen LogP contribution in [0.15, 0.2) is 67.0 Å². The lowest BCUT2D eigenvalue weighted by Gasteiger charge is -2.22. The van der Waals surface area contributed by atoms with E-state index in [1.807, 2.05) is 41.3 Å². The molecule has 2 aliphatic rings. The zero-order chi connectivity index (χ0) is 30.1. The fraction of sp³-hybridized carbons (Fsp3) is 0.419. The molecule has 1 saturated carbocycles. The van der Waals surface area contributed by atoms with Crippen LogP contribution in [-0.2, 0) is 4.79 Å². The number of fused-ring (bicyclic) bond motifs is 1. The first-order valence-corrected chi connectivity index (χ1v) is 14.7. The van der Waals surface area contributed by atoms with Gasteiger partial charge in [0.25, 0.3) is 0 Å². The second kappa shape index (κ2) is 12.3. The number of aliphatic hydroxyl groups is 3. The van der Waals surface area contributed by atoms with E-state index in [2.05, 4.69) is 39.9 Å². The van der Waals surface area contributed by atoms with E-state index in [-0.39, 0.29) is 18.4 Å². The fourth-order valence-electron chi connectivity index (χ4n) is 6.11. The second-order valence-electron chi connectivity index (χ2n) is 11.5. The molecule has 1 amide bonds. The Kier molecular flexibility index (Phi) is 8.26. The van der Waals surface area contributed by atoms with Crippen LogP contribution in [-0.4, -0.2) is 90.8 Å². The number of aliphatic hydroxyl groups excluding tert-OH is 3. The van der Waals surface area contributed by atoms with Crippen molar-refractivity contribution in [2.24, 2.45) is 5.73 Å². The summed E-state index contributed by atoms with van der Waals surface area (Å²) in [6.45, 7) is 3.23. The van der Waals surface area contributed by atoms with Gasteiger partial charge in [-0.05, 0) is 30.9 Å².